The second-order valence-corrected chi connectivity index (χ2v) is 5.44. The molecule has 19 heavy (non-hydrogen) atoms. The van der Waals surface area contributed by atoms with Gasteiger partial charge in [0.1, 0.15) is 11.5 Å². The van der Waals surface area contributed by atoms with Crippen molar-refractivity contribution in [3.8, 4) is 11.5 Å². The molecule has 4 nitrogen and oxygen atoms in total. The molecule has 0 heterocycles. The van der Waals surface area contributed by atoms with Crippen molar-refractivity contribution in [2.75, 3.05) is 27.3 Å². The number of rotatable bonds is 7. The Morgan fingerprint density at radius 3 is 2.42 bits per heavy atom. The number of aryl methyl sites for hydroxylation is 1. The molecule has 106 valence electrons. The van der Waals surface area contributed by atoms with Gasteiger partial charge in [-0.25, -0.2) is 0 Å². The fraction of sp³-hybridized carbons (Fsp3) is 0.600. The third-order valence-electron chi connectivity index (χ3n) is 4.00. The molecule has 0 aliphatic heterocycles. The fourth-order valence-electron chi connectivity index (χ4n) is 2.34. The lowest BCUT2D eigenvalue weighted by Gasteiger charge is -2.16. The highest BCUT2D eigenvalue weighted by atomic mass is 16.5. The molecule has 1 saturated carbocycles. The molecule has 0 saturated heterocycles. The van der Waals surface area contributed by atoms with Crippen molar-refractivity contribution >= 4 is 0 Å². The van der Waals surface area contributed by atoms with Crippen molar-refractivity contribution in [2.24, 2.45) is 11.1 Å². The summed E-state index contributed by atoms with van der Waals surface area (Å²) in [7, 11) is 3.40. The summed E-state index contributed by atoms with van der Waals surface area (Å²) in [5.74, 6) is 1.81. The van der Waals surface area contributed by atoms with Crippen LogP contribution in [-0.2, 0) is 6.54 Å². The van der Waals surface area contributed by atoms with Crippen LogP contribution >= 0.6 is 0 Å². The molecular weight excluding hydrogens is 240 g/mol. The van der Waals surface area contributed by atoms with Gasteiger partial charge in [0.25, 0.3) is 0 Å². The summed E-state index contributed by atoms with van der Waals surface area (Å²) in [6, 6.07) is 4.06. The molecule has 0 spiro atoms. The zero-order chi connectivity index (χ0) is 13.9. The van der Waals surface area contributed by atoms with E-state index in [4.69, 9.17) is 15.2 Å². The Kier molecular flexibility index (Phi) is 4.32. The van der Waals surface area contributed by atoms with Gasteiger partial charge >= 0.3 is 0 Å². The molecule has 0 amide bonds. The Labute approximate surface area is 115 Å². The van der Waals surface area contributed by atoms with Gasteiger partial charge in [-0.3, -0.25) is 0 Å². The predicted octanol–water partition coefficient (Wildman–Crippen LogP) is 1.84. The number of nitrogens with one attached hydrogen (secondary N) is 1. The average molecular weight is 264 g/mol. The van der Waals surface area contributed by atoms with Crippen LogP contribution in [0.2, 0.25) is 0 Å². The highest BCUT2D eigenvalue weighted by molar-refractivity contribution is 5.45. The molecule has 0 bridgehead atoms. The van der Waals surface area contributed by atoms with Crippen LogP contribution in [-0.4, -0.2) is 27.3 Å². The zero-order valence-corrected chi connectivity index (χ0v) is 12.1. The van der Waals surface area contributed by atoms with Crippen LogP contribution < -0.4 is 20.5 Å². The van der Waals surface area contributed by atoms with E-state index in [1.54, 1.807) is 14.2 Å². The maximum Gasteiger partial charge on any atom is 0.123 e. The summed E-state index contributed by atoms with van der Waals surface area (Å²) in [4.78, 5) is 0. The Balaban J connectivity index is 2.02. The van der Waals surface area contributed by atoms with Crippen LogP contribution in [0.15, 0.2) is 12.1 Å². The Hall–Kier alpha value is -1.26. The average Bonchev–Trinajstić information content (AvgIpc) is 3.20. The molecule has 4 heteroatoms. The molecule has 1 aliphatic rings. The predicted molar refractivity (Wildman–Crippen MR) is 76.7 cm³/mol. The first-order valence-corrected chi connectivity index (χ1v) is 6.76. The number of benzene rings is 1. The minimum Gasteiger partial charge on any atom is -0.496 e. The number of methoxy groups -OCH3 is 2. The van der Waals surface area contributed by atoms with Crippen molar-refractivity contribution in [1.82, 2.24) is 5.32 Å². The van der Waals surface area contributed by atoms with E-state index in [9.17, 15) is 0 Å². The third-order valence-corrected chi connectivity index (χ3v) is 4.00. The van der Waals surface area contributed by atoms with Crippen LogP contribution in [0.25, 0.3) is 0 Å². The van der Waals surface area contributed by atoms with Gasteiger partial charge in [0.2, 0.25) is 0 Å². The first-order valence-electron chi connectivity index (χ1n) is 6.76. The lowest BCUT2D eigenvalue weighted by molar-refractivity contribution is 0.392. The molecule has 0 aromatic heterocycles. The summed E-state index contributed by atoms with van der Waals surface area (Å²) in [5, 5.41) is 3.49. The van der Waals surface area contributed by atoms with E-state index in [1.165, 1.54) is 12.8 Å². The van der Waals surface area contributed by atoms with E-state index in [0.717, 1.165) is 42.3 Å². The zero-order valence-electron chi connectivity index (χ0n) is 12.1. The summed E-state index contributed by atoms with van der Waals surface area (Å²) in [6.45, 7) is 4.55. The maximum absolute atomic E-state index is 5.79. The SMILES string of the molecule is COc1cc(CNCC2(CN)CC2)c(OC)cc1C. The number of hydrogen-bond acceptors (Lipinski definition) is 4. The first kappa shape index (κ1) is 14.2. The van der Waals surface area contributed by atoms with E-state index < -0.39 is 0 Å². The molecule has 1 aromatic carbocycles. The normalized spacial score (nSPS) is 16.2. The number of ether oxygens (including phenoxy) is 2. The second-order valence-electron chi connectivity index (χ2n) is 5.44. The largest absolute Gasteiger partial charge is 0.496 e. The lowest BCUT2D eigenvalue weighted by atomic mass is 10.1. The highest BCUT2D eigenvalue weighted by Gasteiger charge is 2.40. The van der Waals surface area contributed by atoms with Gasteiger partial charge in [-0.2, -0.15) is 0 Å². The number of nitrogens with two attached hydrogens (primary N) is 1. The molecule has 2 rings (SSSR count). The van der Waals surface area contributed by atoms with Gasteiger partial charge in [-0.15, -0.1) is 0 Å². The van der Waals surface area contributed by atoms with Crippen LogP contribution in [0.3, 0.4) is 0 Å². The van der Waals surface area contributed by atoms with E-state index >= 15 is 0 Å². The van der Waals surface area contributed by atoms with Crippen LogP contribution in [0.4, 0.5) is 0 Å². The molecule has 0 unspecified atom stereocenters. The summed E-state index contributed by atoms with van der Waals surface area (Å²) in [6.07, 6.45) is 2.48. The molecule has 1 aromatic rings. The second kappa shape index (κ2) is 5.80. The smallest absolute Gasteiger partial charge is 0.123 e. The van der Waals surface area contributed by atoms with Crippen molar-refractivity contribution in [2.45, 2.75) is 26.3 Å². The Morgan fingerprint density at radius 2 is 1.89 bits per heavy atom. The monoisotopic (exact) mass is 264 g/mol. The molecule has 0 atom stereocenters. The van der Waals surface area contributed by atoms with Crippen molar-refractivity contribution in [1.29, 1.82) is 0 Å². The molecule has 3 N–H and O–H groups in total. The summed E-state index contributed by atoms with van der Waals surface area (Å²) >= 11 is 0. The molecule has 1 fully saturated rings. The van der Waals surface area contributed by atoms with Gasteiger partial charge in [0.05, 0.1) is 14.2 Å². The van der Waals surface area contributed by atoms with Gasteiger partial charge in [-0.05, 0) is 49.4 Å². The minimum absolute atomic E-state index is 0.349. The Bertz CT molecular complexity index is 442. The van der Waals surface area contributed by atoms with E-state index in [-0.39, 0.29) is 0 Å². The van der Waals surface area contributed by atoms with Crippen LogP contribution in [0.5, 0.6) is 11.5 Å². The van der Waals surface area contributed by atoms with Crippen molar-refractivity contribution in [3.05, 3.63) is 23.3 Å². The van der Waals surface area contributed by atoms with Crippen molar-refractivity contribution in [3.63, 3.8) is 0 Å². The van der Waals surface area contributed by atoms with Crippen molar-refractivity contribution < 1.29 is 9.47 Å². The molecular formula is C15H24N2O2. The van der Waals surface area contributed by atoms with Crippen LogP contribution in [0, 0.1) is 12.3 Å². The first-order chi connectivity index (χ1) is 9.14. The lowest BCUT2D eigenvalue weighted by Crippen LogP contribution is -2.29. The number of hydrogen-bond donors (Lipinski definition) is 2. The summed E-state index contributed by atoms with van der Waals surface area (Å²) in [5.41, 5.74) is 8.34. The van der Waals surface area contributed by atoms with Gasteiger partial charge < -0.3 is 20.5 Å². The fourth-order valence-corrected chi connectivity index (χ4v) is 2.34. The maximum atomic E-state index is 5.79. The standard InChI is InChI=1S/C15H24N2O2/c1-11-6-14(19-3)12(7-13(11)18-2)8-17-10-15(9-16)4-5-15/h6-7,17H,4-5,8-10,16H2,1-3H3. The highest BCUT2D eigenvalue weighted by Crippen LogP contribution is 2.43. The minimum atomic E-state index is 0.349. The summed E-state index contributed by atoms with van der Waals surface area (Å²) < 4.78 is 10.8. The van der Waals surface area contributed by atoms with E-state index in [0.29, 0.717) is 5.41 Å². The quantitative estimate of drug-likeness (QED) is 0.789. The molecule has 1 aliphatic carbocycles. The third kappa shape index (κ3) is 3.19. The Morgan fingerprint density at radius 1 is 1.21 bits per heavy atom. The van der Waals surface area contributed by atoms with Gasteiger partial charge in [-0.1, -0.05) is 0 Å². The topological polar surface area (TPSA) is 56.5 Å². The van der Waals surface area contributed by atoms with Crippen LogP contribution in [0.1, 0.15) is 24.0 Å². The van der Waals surface area contributed by atoms with E-state index in [2.05, 4.69) is 5.32 Å². The van der Waals surface area contributed by atoms with E-state index in [1.807, 2.05) is 19.1 Å². The molecule has 0 radical (unpaired) electrons. The van der Waals surface area contributed by atoms with Gasteiger partial charge in [0.15, 0.2) is 0 Å². The van der Waals surface area contributed by atoms with Gasteiger partial charge in [0, 0.05) is 18.7 Å².